The first kappa shape index (κ1) is 14.4. The number of nitrogens with zero attached hydrogens (tertiary/aromatic N) is 2. The number of methoxy groups -OCH3 is 1. The molecule has 0 amide bonds. The Balaban J connectivity index is 2.29. The first-order valence-corrected chi connectivity index (χ1v) is 6.17. The molecule has 1 unspecified atom stereocenters. The molecule has 2 rings (SSSR count). The van der Waals surface area contributed by atoms with Gasteiger partial charge in [-0.25, -0.2) is 4.39 Å². The molecule has 0 radical (unpaired) electrons. The zero-order chi connectivity index (χ0) is 14.5. The first-order valence-electron chi connectivity index (χ1n) is 6.17. The van der Waals surface area contributed by atoms with E-state index in [1.807, 2.05) is 6.92 Å². The third-order valence-corrected chi connectivity index (χ3v) is 2.68. The molecule has 0 aliphatic carbocycles. The van der Waals surface area contributed by atoms with Crippen molar-refractivity contribution in [1.82, 2.24) is 10.1 Å². The van der Waals surface area contributed by atoms with Gasteiger partial charge in [0.25, 0.3) is 5.89 Å². The highest BCUT2D eigenvalue weighted by Crippen LogP contribution is 2.31. The van der Waals surface area contributed by atoms with Crippen LogP contribution in [-0.2, 0) is 4.74 Å². The third-order valence-electron chi connectivity index (χ3n) is 2.68. The Labute approximate surface area is 115 Å². The summed E-state index contributed by atoms with van der Waals surface area (Å²) in [5.74, 6) is 0.108. The topological polar surface area (TPSA) is 83.4 Å². The Morgan fingerprint density at radius 1 is 1.45 bits per heavy atom. The van der Waals surface area contributed by atoms with Gasteiger partial charge in [-0.2, -0.15) is 4.98 Å². The van der Waals surface area contributed by atoms with Crippen LogP contribution in [0.1, 0.15) is 18.8 Å². The van der Waals surface area contributed by atoms with Crippen molar-refractivity contribution in [2.24, 2.45) is 5.73 Å². The highest BCUT2D eigenvalue weighted by molar-refractivity contribution is 5.63. The third kappa shape index (κ3) is 2.94. The number of benzene rings is 1. The molecule has 0 spiro atoms. The monoisotopic (exact) mass is 281 g/mol. The van der Waals surface area contributed by atoms with Gasteiger partial charge in [-0.1, -0.05) is 11.2 Å². The Bertz CT molecular complexity index is 574. The zero-order valence-electron chi connectivity index (χ0n) is 11.3. The predicted molar refractivity (Wildman–Crippen MR) is 69.7 cm³/mol. The largest absolute Gasteiger partial charge is 0.496 e. The number of aromatic nitrogens is 2. The molecule has 1 atom stereocenters. The smallest absolute Gasteiger partial charge is 0.264 e. The number of ether oxygens (including phenoxy) is 2. The summed E-state index contributed by atoms with van der Waals surface area (Å²) in [6.45, 7) is 2.67. The van der Waals surface area contributed by atoms with E-state index in [-0.39, 0.29) is 23.9 Å². The van der Waals surface area contributed by atoms with Gasteiger partial charge >= 0.3 is 0 Å². The molecular weight excluding hydrogens is 265 g/mol. The van der Waals surface area contributed by atoms with Crippen molar-refractivity contribution in [2.45, 2.75) is 13.0 Å². The molecule has 6 nitrogen and oxygen atoms in total. The molecule has 2 aromatic rings. The van der Waals surface area contributed by atoms with Crippen LogP contribution in [0.25, 0.3) is 11.5 Å². The summed E-state index contributed by atoms with van der Waals surface area (Å²) in [6.07, 6.45) is 0. The summed E-state index contributed by atoms with van der Waals surface area (Å²) in [5, 5.41) is 3.75. The molecule has 0 aliphatic heterocycles. The molecule has 0 fully saturated rings. The Morgan fingerprint density at radius 3 is 2.95 bits per heavy atom. The van der Waals surface area contributed by atoms with Crippen molar-refractivity contribution in [3.63, 3.8) is 0 Å². The average molecular weight is 281 g/mol. The number of hydrogen-bond acceptors (Lipinski definition) is 6. The maximum absolute atomic E-state index is 13.9. The van der Waals surface area contributed by atoms with Gasteiger partial charge in [0.1, 0.15) is 17.1 Å². The molecule has 7 heteroatoms. The fourth-order valence-electron chi connectivity index (χ4n) is 1.69. The van der Waals surface area contributed by atoms with Gasteiger partial charge in [-0.05, 0) is 19.1 Å². The summed E-state index contributed by atoms with van der Waals surface area (Å²) in [7, 11) is 1.44. The molecular formula is C13H16FN3O3. The van der Waals surface area contributed by atoms with Gasteiger partial charge in [0.15, 0.2) is 5.82 Å². The number of hydrogen-bond donors (Lipinski definition) is 1. The van der Waals surface area contributed by atoms with Crippen LogP contribution in [-0.4, -0.2) is 30.5 Å². The van der Waals surface area contributed by atoms with E-state index in [0.29, 0.717) is 12.4 Å². The molecule has 1 heterocycles. The normalized spacial score (nSPS) is 12.4. The molecule has 0 bridgehead atoms. The second kappa shape index (κ2) is 6.44. The summed E-state index contributed by atoms with van der Waals surface area (Å²) in [6, 6.07) is 3.92. The summed E-state index contributed by atoms with van der Waals surface area (Å²) >= 11 is 0. The zero-order valence-corrected chi connectivity index (χ0v) is 11.3. The van der Waals surface area contributed by atoms with E-state index >= 15 is 0 Å². The van der Waals surface area contributed by atoms with Gasteiger partial charge < -0.3 is 19.7 Å². The average Bonchev–Trinajstić information content (AvgIpc) is 2.93. The summed E-state index contributed by atoms with van der Waals surface area (Å²) in [4.78, 5) is 4.10. The highest BCUT2D eigenvalue weighted by Gasteiger charge is 2.20. The van der Waals surface area contributed by atoms with E-state index in [1.54, 1.807) is 6.07 Å². The molecule has 0 saturated carbocycles. The van der Waals surface area contributed by atoms with Crippen LogP contribution in [0.4, 0.5) is 4.39 Å². The van der Waals surface area contributed by atoms with Crippen LogP contribution in [0.2, 0.25) is 0 Å². The van der Waals surface area contributed by atoms with Crippen molar-refractivity contribution >= 4 is 0 Å². The van der Waals surface area contributed by atoms with E-state index < -0.39 is 11.9 Å². The quantitative estimate of drug-likeness (QED) is 0.871. The van der Waals surface area contributed by atoms with Crippen molar-refractivity contribution in [1.29, 1.82) is 0 Å². The van der Waals surface area contributed by atoms with Gasteiger partial charge in [-0.3, -0.25) is 0 Å². The van der Waals surface area contributed by atoms with Crippen LogP contribution < -0.4 is 10.5 Å². The maximum atomic E-state index is 13.9. The van der Waals surface area contributed by atoms with E-state index in [2.05, 4.69) is 10.1 Å². The number of halogens is 1. The molecule has 0 saturated heterocycles. The lowest BCUT2D eigenvalue weighted by Crippen LogP contribution is -2.18. The lowest BCUT2D eigenvalue weighted by Gasteiger charge is -2.06. The van der Waals surface area contributed by atoms with E-state index in [0.717, 1.165) is 0 Å². The Morgan fingerprint density at radius 2 is 2.25 bits per heavy atom. The lowest BCUT2D eigenvalue weighted by atomic mass is 10.2. The van der Waals surface area contributed by atoms with E-state index in [1.165, 1.54) is 19.2 Å². The van der Waals surface area contributed by atoms with Crippen LogP contribution in [0.5, 0.6) is 5.75 Å². The van der Waals surface area contributed by atoms with Gasteiger partial charge in [0.2, 0.25) is 0 Å². The Hall–Kier alpha value is -1.99. The first-order chi connectivity index (χ1) is 9.67. The van der Waals surface area contributed by atoms with Crippen molar-refractivity contribution in [2.75, 3.05) is 20.3 Å². The van der Waals surface area contributed by atoms with Crippen LogP contribution >= 0.6 is 0 Å². The predicted octanol–water partition coefficient (Wildman–Crippen LogP) is 1.92. The maximum Gasteiger partial charge on any atom is 0.264 e. The van der Waals surface area contributed by atoms with Crippen LogP contribution in [0.3, 0.4) is 0 Å². The Kier molecular flexibility index (Phi) is 4.65. The van der Waals surface area contributed by atoms with Crippen LogP contribution in [0.15, 0.2) is 22.7 Å². The lowest BCUT2D eigenvalue weighted by molar-refractivity contribution is 0.130. The van der Waals surface area contributed by atoms with Gasteiger partial charge in [-0.15, -0.1) is 0 Å². The van der Waals surface area contributed by atoms with E-state index in [9.17, 15) is 4.39 Å². The minimum Gasteiger partial charge on any atom is -0.496 e. The van der Waals surface area contributed by atoms with E-state index in [4.69, 9.17) is 19.7 Å². The molecule has 108 valence electrons. The second-order valence-electron chi connectivity index (χ2n) is 4.04. The SMILES string of the molecule is CCOCC(N)c1noc(-c2c(F)cccc2OC)n1. The summed E-state index contributed by atoms with van der Waals surface area (Å²) < 4.78 is 29.2. The fraction of sp³-hybridized carbons (Fsp3) is 0.385. The fourth-order valence-corrected chi connectivity index (χ4v) is 1.69. The van der Waals surface area contributed by atoms with Crippen molar-refractivity contribution in [3.05, 3.63) is 29.8 Å². The summed E-state index contributed by atoms with van der Waals surface area (Å²) in [5.41, 5.74) is 5.97. The molecule has 0 aliphatic rings. The van der Waals surface area contributed by atoms with Gasteiger partial charge in [0.05, 0.1) is 19.8 Å². The minimum atomic E-state index is -0.523. The van der Waals surface area contributed by atoms with Gasteiger partial charge in [0, 0.05) is 6.61 Å². The molecule has 20 heavy (non-hydrogen) atoms. The van der Waals surface area contributed by atoms with Crippen molar-refractivity contribution in [3.8, 4) is 17.2 Å². The minimum absolute atomic E-state index is 0.0295. The number of rotatable bonds is 6. The number of nitrogens with two attached hydrogens (primary N) is 1. The molecule has 2 N–H and O–H groups in total. The highest BCUT2D eigenvalue weighted by atomic mass is 19.1. The van der Waals surface area contributed by atoms with Crippen LogP contribution in [0, 0.1) is 5.82 Å². The molecule has 1 aromatic carbocycles. The second-order valence-corrected chi connectivity index (χ2v) is 4.04. The molecule has 1 aromatic heterocycles. The standard InChI is InChI=1S/C13H16FN3O3/c1-3-19-7-9(15)12-16-13(20-17-12)11-8(14)5-4-6-10(11)18-2/h4-6,9H,3,7,15H2,1-2H3. The van der Waals surface area contributed by atoms with Crippen molar-refractivity contribution < 1.29 is 18.4 Å².